The van der Waals surface area contributed by atoms with Crippen LogP contribution in [0.15, 0.2) is 49.1 Å². The molecule has 0 unspecified atom stereocenters. The minimum atomic E-state index is -0.153. The van der Waals surface area contributed by atoms with Crippen molar-refractivity contribution in [3.05, 3.63) is 66.0 Å². The minimum Gasteiger partial charge on any atom is -0.331 e. The maximum atomic E-state index is 12.3. The predicted molar refractivity (Wildman–Crippen MR) is 93.3 cm³/mol. The molecule has 0 radical (unpaired) electrons. The van der Waals surface area contributed by atoms with Gasteiger partial charge in [-0.15, -0.1) is 0 Å². The zero-order valence-electron chi connectivity index (χ0n) is 14.1. The van der Waals surface area contributed by atoms with E-state index in [-0.39, 0.29) is 11.7 Å². The van der Waals surface area contributed by atoms with Crippen LogP contribution in [0.5, 0.6) is 0 Å². The molecule has 0 aliphatic rings. The highest BCUT2D eigenvalue weighted by Gasteiger charge is 2.13. The SMILES string of the molecule is Cc1cnn(CCC(=O)Nc2ccc(C(=O)c3nccn3C)cc2)c1. The fourth-order valence-corrected chi connectivity index (χ4v) is 2.45. The second kappa shape index (κ2) is 7.12. The Morgan fingerprint density at radius 2 is 1.96 bits per heavy atom. The molecule has 0 fully saturated rings. The van der Waals surface area contributed by atoms with Gasteiger partial charge in [-0.05, 0) is 36.8 Å². The van der Waals surface area contributed by atoms with Crippen LogP contribution in [0.4, 0.5) is 5.69 Å². The lowest BCUT2D eigenvalue weighted by Crippen LogP contribution is -2.15. The molecule has 0 saturated heterocycles. The molecule has 7 nitrogen and oxygen atoms in total. The molecule has 3 aromatic rings. The summed E-state index contributed by atoms with van der Waals surface area (Å²) >= 11 is 0. The number of carbonyl (C=O) groups is 2. The standard InChI is InChI=1S/C18H19N5O2/c1-13-11-20-23(12-13)9-7-16(24)21-15-5-3-14(4-6-15)17(25)18-19-8-10-22(18)2/h3-6,8,10-12H,7,9H2,1-2H3,(H,21,24). The quantitative estimate of drug-likeness (QED) is 0.699. The van der Waals surface area contributed by atoms with Gasteiger partial charge in [0.1, 0.15) is 0 Å². The first kappa shape index (κ1) is 16.6. The number of anilines is 1. The third kappa shape index (κ3) is 4.00. The highest BCUT2D eigenvalue weighted by atomic mass is 16.1. The summed E-state index contributed by atoms with van der Waals surface area (Å²) in [7, 11) is 1.77. The van der Waals surface area contributed by atoms with E-state index in [4.69, 9.17) is 0 Å². The monoisotopic (exact) mass is 337 g/mol. The van der Waals surface area contributed by atoms with Crippen LogP contribution in [-0.4, -0.2) is 31.0 Å². The molecule has 0 aliphatic carbocycles. The van der Waals surface area contributed by atoms with Crippen molar-refractivity contribution in [3.8, 4) is 0 Å². The summed E-state index contributed by atoms with van der Waals surface area (Å²) in [4.78, 5) is 28.4. The van der Waals surface area contributed by atoms with Crippen molar-refractivity contribution in [2.45, 2.75) is 19.9 Å². The summed E-state index contributed by atoms with van der Waals surface area (Å²) in [6, 6.07) is 6.80. The molecule has 3 rings (SSSR count). The van der Waals surface area contributed by atoms with Gasteiger partial charge < -0.3 is 9.88 Å². The number of carbonyl (C=O) groups excluding carboxylic acids is 2. The Morgan fingerprint density at radius 3 is 2.56 bits per heavy atom. The van der Waals surface area contributed by atoms with Gasteiger partial charge in [-0.3, -0.25) is 14.3 Å². The molecule has 0 spiro atoms. The number of imidazole rings is 1. The fraction of sp³-hybridized carbons (Fsp3) is 0.222. The van der Waals surface area contributed by atoms with E-state index in [0.29, 0.717) is 30.0 Å². The molecule has 2 heterocycles. The summed E-state index contributed by atoms with van der Waals surface area (Å²) in [5, 5.41) is 6.97. The fourth-order valence-electron chi connectivity index (χ4n) is 2.45. The van der Waals surface area contributed by atoms with E-state index in [2.05, 4.69) is 15.4 Å². The number of hydrogen-bond donors (Lipinski definition) is 1. The first-order valence-electron chi connectivity index (χ1n) is 7.94. The lowest BCUT2D eigenvalue weighted by atomic mass is 10.1. The number of hydrogen-bond acceptors (Lipinski definition) is 4. The molecule has 128 valence electrons. The lowest BCUT2D eigenvalue weighted by Gasteiger charge is -2.07. The number of nitrogens with zero attached hydrogens (tertiary/aromatic N) is 4. The molecule has 25 heavy (non-hydrogen) atoms. The molecule has 0 atom stereocenters. The Labute approximate surface area is 145 Å². The third-order valence-electron chi connectivity index (χ3n) is 3.79. The van der Waals surface area contributed by atoms with Crippen LogP contribution in [0.3, 0.4) is 0 Å². The van der Waals surface area contributed by atoms with Crippen LogP contribution in [0.25, 0.3) is 0 Å². The van der Waals surface area contributed by atoms with E-state index >= 15 is 0 Å². The second-order valence-corrected chi connectivity index (χ2v) is 5.85. The largest absolute Gasteiger partial charge is 0.331 e. The van der Waals surface area contributed by atoms with Crippen molar-refractivity contribution in [1.82, 2.24) is 19.3 Å². The maximum Gasteiger partial charge on any atom is 0.228 e. The number of aromatic nitrogens is 4. The molecule has 0 aliphatic heterocycles. The number of amides is 1. The molecule has 0 bridgehead atoms. The van der Waals surface area contributed by atoms with Crippen molar-refractivity contribution >= 4 is 17.4 Å². The smallest absolute Gasteiger partial charge is 0.228 e. The van der Waals surface area contributed by atoms with E-state index in [0.717, 1.165) is 5.56 Å². The molecule has 2 aromatic heterocycles. The van der Waals surface area contributed by atoms with Crippen LogP contribution in [0.2, 0.25) is 0 Å². The van der Waals surface area contributed by atoms with Crippen molar-refractivity contribution in [2.24, 2.45) is 7.05 Å². The highest BCUT2D eigenvalue weighted by molar-refractivity contribution is 6.07. The third-order valence-corrected chi connectivity index (χ3v) is 3.79. The van der Waals surface area contributed by atoms with Crippen molar-refractivity contribution in [3.63, 3.8) is 0 Å². The zero-order chi connectivity index (χ0) is 17.8. The Bertz CT molecular complexity index is 892. The number of rotatable bonds is 6. The summed E-state index contributed by atoms with van der Waals surface area (Å²) in [6.07, 6.45) is 7.29. The van der Waals surface area contributed by atoms with Gasteiger partial charge in [-0.1, -0.05) is 0 Å². The van der Waals surface area contributed by atoms with Gasteiger partial charge in [-0.25, -0.2) is 4.98 Å². The Kier molecular flexibility index (Phi) is 4.74. The number of aryl methyl sites for hydroxylation is 3. The molecular weight excluding hydrogens is 318 g/mol. The van der Waals surface area contributed by atoms with Crippen molar-refractivity contribution in [1.29, 1.82) is 0 Å². The summed E-state index contributed by atoms with van der Waals surface area (Å²) in [5.41, 5.74) is 2.24. The van der Waals surface area contributed by atoms with E-state index < -0.39 is 0 Å². The molecular formula is C18H19N5O2. The average molecular weight is 337 g/mol. The minimum absolute atomic E-state index is 0.101. The molecule has 0 saturated carbocycles. The van der Waals surface area contributed by atoms with Crippen molar-refractivity contribution < 1.29 is 9.59 Å². The summed E-state index contributed by atoms with van der Waals surface area (Å²) in [5.74, 6) is 0.127. The number of benzene rings is 1. The molecule has 1 N–H and O–H groups in total. The first-order valence-corrected chi connectivity index (χ1v) is 7.94. The Hall–Kier alpha value is -3.22. The average Bonchev–Trinajstić information content (AvgIpc) is 3.21. The van der Waals surface area contributed by atoms with Gasteiger partial charge in [-0.2, -0.15) is 5.10 Å². The zero-order valence-corrected chi connectivity index (χ0v) is 14.1. The van der Waals surface area contributed by atoms with Gasteiger partial charge in [0.2, 0.25) is 11.7 Å². The second-order valence-electron chi connectivity index (χ2n) is 5.85. The number of nitrogens with one attached hydrogen (secondary N) is 1. The Balaban J connectivity index is 1.58. The van der Waals surface area contributed by atoms with Crippen LogP contribution >= 0.6 is 0 Å². The summed E-state index contributed by atoms with van der Waals surface area (Å²) < 4.78 is 3.42. The van der Waals surface area contributed by atoms with Gasteiger partial charge in [0.15, 0.2) is 5.82 Å². The van der Waals surface area contributed by atoms with Crippen LogP contribution in [0.1, 0.15) is 28.2 Å². The highest BCUT2D eigenvalue weighted by Crippen LogP contribution is 2.13. The first-order chi connectivity index (χ1) is 12.0. The molecule has 1 amide bonds. The number of ketones is 1. The van der Waals surface area contributed by atoms with E-state index in [1.807, 2.05) is 13.1 Å². The lowest BCUT2D eigenvalue weighted by molar-refractivity contribution is -0.116. The summed E-state index contributed by atoms with van der Waals surface area (Å²) in [6.45, 7) is 2.48. The van der Waals surface area contributed by atoms with Crippen LogP contribution in [-0.2, 0) is 18.4 Å². The molecule has 7 heteroatoms. The van der Waals surface area contributed by atoms with Gasteiger partial charge in [0.25, 0.3) is 0 Å². The molecule has 1 aromatic carbocycles. The van der Waals surface area contributed by atoms with Crippen LogP contribution < -0.4 is 5.32 Å². The normalized spacial score (nSPS) is 10.6. The van der Waals surface area contributed by atoms with E-state index in [9.17, 15) is 9.59 Å². The predicted octanol–water partition coefficient (Wildman–Crippen LogP) is 2.18. The topological polar surface area (TPSA) is 81.8 Å². The maximum absolute atomic E-state index is 12.3. The van der Waals surface area contributed by atoms with Crippen molar-refractivity contribution in [2.75, 3.05) is 5.32 Å². The Morgan fingerprint density at radius 1 is 1.20 bits per heavy atom. The van der Waals surface area contributed by atoms with Gasteiger partial charge in [0.05, 0.1) is 6.20 Å². The van der Waals surface area contributed by atoms with E-state index in [1.165, 1.54) is 0 Å². The van der Waals surface area contributed by atoms with Gasteiger partial charge in [0, 0.05) is 49.9 Å². The van der Waals surface area contributed by atoms with E-state index in [1.54, 1.807) is 59.2 Å². The van der Waals surface area contributed by atoms with Gasteiger partial charge >= 0.3 is 0 Å². The van der Waals surface area contributed by atoms with Crippen LogP contribution in [0, 0.1) is 6.92 Å².